The van der Waals surface area contributed by atoms with E-state index < -0.39 is 10.0 Å². The van der Waals surface area contributed by atoms with Crippen LogP contribution in [0.4, 0.5) is 5.82 Å². The first-order valence-corrected chi connectivity index (χ1v) is 7.01. The Balaban J connectivity index is 3.07. The fourth-order valence-corrected chi connectivity index (χ4v) is 2.94. The third kappa shape index (κ3) is 3.18. The Hall–Kier alpha value is -1.65. The van der Waals surface area contributed by atoms with Crippen molar-refractivity contribution in [1.82, 2.24) is 9.29 Å². The zero-order valence-corrected chi connectivity index (χ0v) is 11.2. The van der Waals surface area contributed by atoms with Crippen molar-refractivity contribution in [2.24, 2.45) is 0 Å². The molecule has 0 saturated heterocycles. The van der Waals surface area contributed by atoms with Crippen molar-refractivity contribution >= 4 is 15.8 Å². The highest BCUT2D eigenvalue weighted by atomic mass is 32.2. The van der Waals surface area contributed by atoms with E-state index in [4.69, 9.17) is 5.26 Å². The molecule has 0 aliphatic heterocycles. The molecule has 0 aliphatic carbocycles. The Labute approximate surface area is 107 Å². The van der Waals surface area contributed by atoms with Crippen molar-refractivity contribution in [2.75, 3.05) is 25.5 Å². The van der Waals surface area contributed by atoms with Crippen molar-refractivity contribution in [3.63, 3.8) is 0 Å². The molecule has 0 aromatic carbocycles. The van der Waals surface area contributed by atoms with E-state index in [1.165, 1.54) is 22.6 Å². The fraction of sp³-hybridized carbons (Fsp3) is 0.455. The number of nitrogens with one attached hydrogen (secondary N) is 1. The summed E-state index contributed by atoms with van der Waals surface area (Å²) in [6.45, 7) is 2.28. The van der Waals surface area contributed by atoms with Gasteiger partial charge in [0.2, 0.25) is 10.0 Å². The average molecular weight is 268 g/mol. The molecular weight excluding hydrogens is 252 g/mol. The predicted molar refractivity (Wildman–Crippen MR) is 68.4 cm³/mol. The molecule has 6 nitrogen and oxygen atoms in total. The second kappa shape index (κ2) is 6.33. The van der Waals surface area contributed by atoms with E-state index in [1.54, 1.807) is 14.0 Å². The first kappa shape index (κ1) is 14.4. The Morgan fingerprint density at radius 2 is 2.28 bits per heavy atom. The van der Waals surface area contributed by atoms with Gasteiger partial charge in [0.15, 0.2) is 0 Å². The van der Waals surface area contributed by atoms with E-state index in [0.29, 0.717) is 12.4 Å². The summed E-state index contributed by atoms with van der Waals surface area (Å²) in [5.41, 5.74) is 0. The number of hydrogen-bond donors (Lipinski definition) is 1. The van der Waals surface area contributed by atoms with E-state index in [9.17, 15) is 8.42 Å². The van der Waals surface area contributed by atoms with Crippen LogP contribution in [0.15, 0.2) is 23.2 Å². The van der Waals surface area contributed by atoms with Gasteiger partial charge in [-0.2, -0.15) is 9.57 Å². The number of rotatable bonds is 6. The second-order valence-corrected chi connectivity index (χ2v) is 5.47. The van der Waals surface area contributed by atoms with E-state index in [-0.39, 0.29) is 17.9 Å². The van der Waals surface area contributed by atoms with Crippen molar-refractivity contribution in [3.05, 3.63) is 18.3 Å². The molecular formula is C11H16N4O2S. The predicted octanol–water partition coefficient (Wildman–Crippen LogP) is 1.05. The van der Waals surface area contributed by atoms with E-state index in [1.807, 2.05) is 6.07 Å². The van der Waals surface area contributed by atoms with Crippen LogP contribution >= 0.6 is 0 Å². The van der Waals surface area contributed by atoms with Crippen LogP contribution in [-0.2, 0) is 10.0 Å². The van der Waals surface area contributed by atoms with Crippen LogP contribution in [0.5, 0.6) is 0 Å². The summed E-state index contributed by atoms with van der Waals surface area (Å²) < 4.78 is 25.9. The van der Waals surface area contributed by atoms with Crippen molar-refractivity contribution in [2.45, 2.75) is 18.2 Å². The molecule has 1 rings (SSSR count). The van der Waals surface area contributed by atoms with Crippen LogP contribution in [0.1, 0.15) is 13.3 Å². The maximum absolute atomic E-state index is 12.3. The summed E-state index contributed by atoms with van der Waals surface area (Å²) in [4.78, 5) is 4.15. The summed E-state index contributed by atoms with van der Waals surface area (Å²) >= 11 is 0. The zero-order chi connectivity index (χ0) is 13.6. The Bertz CT molecular complexity index is 536. The molecule has 1 aromatic heterocycles. The molecule has 0 saturated carbocycles. The van der Waals surface area contributed by atoms with Crippen LogP contribution in [0.2, 0.25) is 0 Å². The number of nitrogens with zero attached hydrogens (tertiary/aromatic N) is 3. The molecule has 1 N–H and O–H groups in total. The van der Waals surface area contributed by atoms with Gasteiger partial charge < -0.3 is 5.32 Å². The molecule has 0 fully saturated rings. The third-order valence-corrected chi connectivity index (χ3v) is 4.42. The number of hydrogen-bond acceptors (Lipinski definition) is 5. The monoisotopic (exact) mass is 268 g/mol. The SMILES string of the molecule is CCN(CCC#N)S(=O)(=O)c1ccnc(NC)c1. The van der Waals surface area contributed by atoms with Crippen molar-refractivity contribution in [1.29, 1.82) is 5.26 Å². The normalized spacial score (nSPS) is 11.2. The quantitative estimate of drug-likeness (QED) is 0.833. The minimum Gasteiger partial charge on any atom is -0.373 e. The Kier molecular flexibility index (Phi) is 5.07. The average Bonchev–Trinajstić information content (AvgIpc) is 2.39. The van der Waals surface area contributed by atoms with Gasteiger partial charge in [-0.1, -0.05) is 6.92 Å². The second-order valence-electron chi connectivity index (χ2n) is 3.53. The molecule has 0 radical (unpaired) electrons. The molecule has 0 spiro atoms. The molecule has 0 unspecified atom stereocenters. The standard InChI is InChI=1S/C11H16N4O2S/c1-3-15(8-4-6-12)18(16,17)10-5-7-14-11(9-10)13-2/h5,7,9H,3-4,8H2,1-2H3,(H,13,14). The maximum atomic E-state index is 12.3. The smallest absolute Gasteiger partial charge is 0.243 e. The zero-order valence-electron chi connectivity index (χ0n) is 10.4. The molecule has 7 heteroatoms. The van der Waals surface area contributed by atoms with E-state index in [2.05, 4.69) is 10.3 Å². The molecule has 0 atom stereocenters. The lowest BCUT2D eigenvalue weighted by atomic mass is 10.4. The first-order valence-electron chi connectivity index (χ1n) is 5.57. The summed E-state index contributed by atoms with van der Waals surface area (Å²) in [5.74, 6) is 0.493. The number of aromatic nitrogens is 1. The number of sulfonamides is 1. The van der Waals surface area contributed by atoms with Crippen LogP contribution in [-0.4, -0.2) is 37.8 Å². The van der Waals surface area contributed by atoms with E-state index >= 15 is 0 Å². The molecule has 1 heterocycles. The van der Waals surface area contributed by atoms with Gasteiger partial charge in [0, 0.05) is 38.8 Å². The maximum Gasteiger partial charge on any atom is 0.243 e. The van der Waals surface area contributed by atoms with Crippen molar-refractivity contribution in [3.8, 4) is 6.07 Å². The van der Waals surface area contributed by atoms with Crippen LogP contribution in [0.25, 0.3) is 0 Å². The number of nitriles is 1. The van der Waals surface area contributed by atoms with Gasteiger partial charge in [0.05, 0.1) is 11.0 Å². The molecule has 98 valence electrons. The van der Waals surface area contributed by atoms with Gasteiger partial charge in [-0.25, -0.2) is 13.4 Å². The molecule has 1 aromatic rings. The minimum absolute atomic E-state index is 0.178. The molecule has 0 aliphatic rings. The lowest BCUT2D eigenvalue weighted by Crippen LogP contribution is -2.31. The van der Waals surface area contributed by atoms with Gasteiger partial charge in [0.1, 0.15) is 5.82 Å². The van der Waals surface area contributed by atoms with Gasteiger partial charge in [-0.15, -0.1) is 0 Å². The first-order chi connectivity index (χ1) is 8.56. The van der Waals surface area contributed by atoms with Gasteiger partial charge in [-0.3, -0.25) is 0 Å². The van der Waals surface area contributed by atoms with Crippen LogP contribution in [0, 0.1) is 11.3 Å². The summed E-state index contributed by atoms with van der Waals surface area (Å²) in [6, 6.07) is 4.87. The highest BCUT2D eigenvalue weighted by molar-refractivity contribution is 7.89. The van der Waals surface area contributed by atoms with Crippen LogP contribution < -0.4 is 5.32 Å². The molecule has 18 heavy (non-hydrogen) atoms. The largest absolute Gasteiger partial charge is 0.373 e. The number of pyridine rings is 1. The van der Waals surface area contributed by atoms with Crippen molar-refractivity contribution < 1.29 is 8.42 Å². The lowest BCUT2D eigenvalue weighted by molar-refractivity contribution is 0.435. The summed E-state index contributed by atoms with van der Waals surface area (Å²) in [7, 11) is -1.88. The van der Waals surface area contributed by atoms with E-state index in [0.717, 1.165) is 0 Å². The third-order valence-electron chi connectivity index (χ3n) is 2.45. The molecule has 0 bridgehead atoms. The van der Waals surface area contributed by atoms with Gasteiger partial charge >= 0.3 is 0 Å². The Morgan fingerprint density at radius 3 is 2.83 bits per heavy atom. The Morgan fingerprint density at radius 1 is 1.56 bits per heavy atom. The topological polar surface area (TPSA) is 86.1 Å². The molecule has 0 amide bonds. The number of anilines is 1. The lowest BCUT2D eigenvalue weighted by Gasteiger charge is -2.19. The van der Waals surface area contributed by atoms with Crippen LogP contribution in [0.3, 0.4) is 0 Å². The van der Waals surface area contributed by atoms with Gasteiger partial charge in [0.25, 0.3) is 0 Å². The van der Waals surface area contributed by atoms with Gasteiger partial charge in [-0.05, 0) is 6.07 Å². The highest BCUT2D eigenvalue weighted by Gasteiger charge is 2.22. The fourth-order valence-electron chi connectivity index (χ4n) is 1.48. The summed E-state index contributed by atoms with van der Waals surface area (Å²) in [5, 5.41) is 11.3. The highest BCUT2D eigenvalue weighted by Crippen LogP contribution is 2.17. The minimum atomic E-state index is -3.55. The summed E-state index contributed by atoms with van der Waals surface area (Å²) in [6.07, 6.45) is 1.62.